The third-order valence-electron chi connectivity index (χ3n) is 2.05. The summed E-state index contributed by atoms with van der Waals surface area (Å²) in [6.07, 6.45) is 0.468. The second-order valence-corrected chi connectivity index (χ2v) is 4.28. The number of carbonyl (C=O) groups excluding carboxylic acids is 1. The Kier molecular flexibility index (Phi) is 4.29. The minimum atomic E-state index is -0.269. The lowest BCUT2D eigenvalue weighted by molar-refractivity contribution is 0.0444. The van der Waals surface area contributed by atoms with Gasteiger partial charge in [0.25, 0.3) is 0 Å². The van der Waals surface area contributed by atoms with Crippen molar-refractivity contribution in [1.82, 2.24) is 0 Å². The highest BCUT2D eigenvalue weighted by atomic mass is 32.1. The quantitative estimate of drug-likeness (QED) is 0.701. The van der Waals surface area contributed by atoms with E-state index < -0.39 is 0 Å². The third-order valence-corrected chi connectivity index (χ3v) is 2.91. The molecule has 1 atom stereocenters. The molecule has 0 aliphatic rings. The summed E-state index contributed by atoms with van der Waals surface area (Å²) < 4.78 is 5.37. The molecule has 0 fully saturated rings. The van der Waals surface area contributed by atoms with Crippen molar-refractivity contribution in [1.29, 1.82) is 0 Å². The molecule has 3 heteroatoms. The fraction of sp³-hybridized carbons (Fsp3) is 0.545. The molecule has 2 nitrogen and oxygen atoms in total. The fourth-order valence-electron chi connectivity index (χ4n) is 1.34. The monoisotopic (exact) mass is 212 g/mol. The standard InChI is InChI=1S/C11H16O2S/c1-4-10(13-5-2)11(12)9-6-8(3)14-7-9/h6-7,10H,4-5H2,1-3H3. The van der Waals surface area contributed by atoms with Crippen molar-refractivity contribution >= 4 is 17.1 Å². The van der Waals surface area contributed by atoms with Gasteiger partial charge in [0.15, 0.2) is 5.78 Å². The number of ether oxygens (including phenoxy) is 1. The largest absolute Gasteiger partial charge is 0.370 e. The van der Waals surface area contributed by atoms with Gasteiger partial charge in [-0.15, -0.1) is 11.3 Å². The Morgan fingerprint density at radius 3 is 2.71 bits per heavy atom. The van der Waals surface area contributed by atoms with Gasteiger partial charge in [0.05, 0.1) is 0 Å². The molecule has 1 unspecified atom stereocenters. The first kappa shape index (κ1) is 11.4. The van der Waals surface area contributed by atoms with E-state index in [1.54, 1.807) is 11.3 Å². The SMILES string of the molecule is CCOC(CC)C(=O)c1csc(C)c1. The van der Waals surface area contributed by atoms with Gasteiger partial charge >= 0.3 is 0 Å². The van der Waals surface area contributed by atoms with E-state index in [2.05, 4.69) is 0 Å². The lowest BCUT2D eigenvalue weighted by Gasteiger charge is -2.12. The number of hydrogen-bond donors (Lipinski definition) is 0. The van der Waals surface area contributed by atoms with Crippen LogP contribution in [0.5, 0.6) is 0 Å². The molecule has 0 N–H and O–H groups in total. The Balaban J connectivity index is 2.72. The molecular weight excluding hydrogens is 196 g/mol. The van der Waals surface area contributed by atoms with Crippen LogP contribution in [0.3, 0.4) is 0 Å². The molecule has 0 spiro atoms. The minimum Gasteiger partial charge on any atom is -0.370 e. The predicted molar refractivity (Wildman–Crippen MR) is 59.1 cm³/mol. The molecule has 0 amide bonds. The van der Waals surface area contributed by atoms with Gasteiger partial charge in [-0.3, -0.25) is 4.79 Å². The normalized spacial score (nSPS) is 12.8. The maximum atomic E-state index is 11.9. The van der Waals surface area contributed by atoms with Crippen molar-refractivity contribution in [3.05, 3.63) is 21.9 Å². The van der Waals surface area contributed by atoms with Crippen LogP contribution < -0.4 is 0 Å². The van der Waals surface area contributed by atoms with Crippen molar-refractivity contribution in [2.75, 3.05) is 6.61 Å². The maximum absolute atomic E-state index is 11.9. The van der Waals surface area contributed by atoms with E-state index in [-0.39, 0.29) is 11.9 Å². The van der Waals surface area contributed by atoms with Gasteiger partial charge in [0.2, 0.25) is 0 Å². The highest BCUT2D eigenvalue weighted by molar-refractivity contribution is 7.10. The number of carbonyl (C=O) groups is 1. The molecule has 0 saturated carbocycles. The van der Waals surface area contributed by atoms with E-state index in [0.29, 0.717) is 6.61 Å². The molecule has 1 aromatic heterocycles. The first-order valence-electron chi connectivity index (χ1n) is 4.90. The van der Waals surface area contributed by atoms with Gasteiger partial charge in [0.1, 0.15) is 6.10 Å². The van der Waals surface area contributed by atoms with Crippen LogP contribution >= 0.6 is 11.3 Å². The van der Waals surface area contributed by atoms with Crippen molar-refractivity contribution in [3.63, 3.8) is 0 Å². The first-order valence-corrected chi connectivity index (χ1v) is 5.78. The summed E-state index contributed by atoms with van der Waals surface area (Å²) in [4.78, 5) is 13.0. The number of aryl methyl sites for hydroxylation is 1. The third kappa shape index (κ3) is 2.66. The average Bonchev–Trinajstić information content (AvgIpc) is 2.60. The highest BCUT2D eigenvalue weighted by Crippen LogP contribution is 2.16. The van der Waals surface area contributed by atoms with E-state index in [9.17, 15) is 4.79 Å². The van der Waals surface area contributed by atoms with E-state index >= 15 is 0 Å². The van der Waals surface area contributed by atoms with Crippen molar-refractivity contribution in [3.8, 4) is 0 Å². The molecule has 1 aromatic rings. The smallest absolute Gasteiger partial charge is 0.192 e. The highest BCUT2D eigenvalue weighted by Gasteiger charge is 2.18. The Labute approximate surface area is 88.9 Å². The van der Waals surface area contributed by atoms with E-state index in [1.165, 1.54) is 4.88 Å². The number of rotatable bonds is 5. The second kappa shape index (κ2) is 5.27. The topological polar surface area (TPSA) is 26.3 Å². The zero-order valence-electron chi connectivity index (χ0n) is 8.87. The van der Waals surface area contributed by atoms with Crippen LogP contribution in [0.4, 0.5) is 0 Å². The minimum absolute atomic E-state index is 0.110. The van der Waals surface area contributed by atoms with Crippen molar-refractivity contribution in [2.24, 2.45) is 0 Å². The van der Waals surface area contributed by atoms with Crippen LogP contribution in [-0.2, 0) is 4.74 Å². The molecule has 1 rings (SSSR count). The predicted octanol–water partition coefficient (Wildman–Crippen LogP) is 3.05. The molecule has 1 heterocycles. The number of ketones is 1. The molecule has 78 valence electrons. The van der Waals surface area contributed by atoms with Gasteiger partial charge < -0.3 is 4.74 Å². The van der Waals surface area contributed by atoms with Crippen molar-refractivity contribution < 1.29 is 9.53 Å². The first-order chi connectivity index (χ1) is 6.69. The fourth-order valence-corrected chi connectivity index (χ4v) is 2.03. The van der Waals surface area contributed by atoms with Gasteiger partial charge in [-0.2, -0.15) is 0 Å². The zero-order valence-corrected chi connectivity index (χ0v) is 9.69. The molecule has 0 aliphatic heterocycles. The summed E-state index contributed by atoms with van der Waals surface area (Å²) in [6.45, 7) is 6.47. The molecule has 0 radical (unpaired) electrons. The number of Topliss-reactive ketones (excluding diaryl/α,β-unsaturated/α-hetero) is 1. The molecule has 0 bridgehead atoms. The lowest BCUT2D eigenvalue weighted by Crippen LogP contribution is -2.23. The Hall–Kier alpha value is -0.670. The van der Waals surface area contributed by atoms with Gasteiger partial charge in [-0.25, -0.2) is 0 Å². The summed E-state index contributed by atoms with van der Waals surface area (Å²) >= 11 is 1.60. The van der Waals surface area contributed by atoms with Crippen LogP contribution in [0.25, 0.3) is 0 Å². The Morgan fingerprint density at radius 2 is 2.29 bits per heavy atom. The average molecular weight is 212 g/mol. The molecule has 0 aromatic carbocycles. The summed E-state index contributed by atoms with van der Waals surface area (Å²) in [6, 6.07) is 1.93. The van der Waals surface area contributed by atoms with E-state index in [4.69, 9.17) is 4.74 Å². The van der Waals surface area contributed by atoms with Crippen LogP contribution in [0.2, 0.25) is 0 Å². The zero-order chi connectivity index (χ0) is 10.6. The number of thiophene rings is 1. The van der Waals surface area contributed by atoms with Gasteiger partial charge in [0, 0.05) is 22.4 Å². The van der Waals surface area contributed by atoms with Gasteiger partial charge in [-0.1, -0.05) is 6.92 Å². The van der Waals surface area contributed by atoms with Crippen LogP contribution in [0, 0.1) is 6.92 Å². The summed E-state index contributed by atoms with van der Waals surface area (Å²) in [5.41, 5.74) is 0.785. The summed E-state index contributed by atoms with van der Waals surface area (Å²) in [5.74, 6) is 0.110. The summed E-state index contributed by atoms with van der Waals surface area (Å²) in [5, 5.41) is 1.90. The van der Waals surface area contributed by atoms with Crippen LogP contribution in [0.15, 0.2) is 11.4 Å². The molecule has 0 aliphatic carbocycles. The van der Waals surface area contributed by atoms with E-state index in [1.807, 2.05) is 32.2 Å². The Bertz CT molecular complexity index is 304. The van der Waals surface area contributed by atoms with Crippen LogP contribution in [-0.4, -0.2) is 18.5 Å². The van der Waals surface area contributed by atoms with Gasteiger partial charge in [-0.05, 0) is 26.3 Å². The van der Waals surface area contributed by atoms with Crippen molar-refractivity contribution in [2.45, 2.75) is 33.3 Å². The number of hydrogen-bond acceptors (Lipinski definition) is 3. The molecular formula is C11H16O2S. The summed E-state index contributed by atoms with van der Waals surface area (Å²) in [7, 11) is 0. The van der Waals surface area contributed by atoms with E-state index in [0.717, 1.165) is 12.0 Å². The second-order valence-electron chi connectivity index (χ2n) is 3.16. The van der Waals surface area contributed by atoms with Crippen LogP contribution in [0.1, 0.15) is 35.5 Å². The lowest BCUT2D eigenvalue weighted by atomic mass is 10.1. The molecule has 14 heavy (non-hydrogen) atoms. The maximum Gasteiger partial charge on any atom is 0.192 e. The molecule has 0 saturated heterocycles. The Morgan fingerprint density at radius 1 is 1.57 bits per heavy atom.